The highest BCUT2D eigenvalue weighted by atomic mass is 16.7. The van der Waals surface area contributed by atoms with E-state index >= 15 is 0 Å². The summed E-state index contributed by atoms with van der Waals surface area (Å²) in [5, 5.41) is 0. The molecule has 0 spiro atoms. The lowest BCUT2D eigenvalue weighted by Gasteiger charge is -2.18. The van der Waals surface area contributed by atoms with Crippen LogP contribution in [-0.2, 0) is 9.47 Å². The SMILES string of the molecule is CCOC(C)OCCCCC(c1ccccc1)c1ccccc1. The number of unbranched alkanes of at least 4 members (excludes halogenated alkanes) is 1. The predicted molar refractivity (Wildman–Crippen MR) is 95.6 cm³/mol. The van der Waals surface area contributed by atoms with Crippen molar-refractivity contribution in [3.8, 4) is 0 Å². The summed E-state index contributed by atoms with van der Waals surface area (Å²) in [7, 11) is 0. The van der Waals surface area contributed by atoms with E-state index in [1.54, 1.807) is 0 Å². The molecule has 1 unspecified atom stereocenters. The summed E-state index contributed by atoms with van der Waals surface area (Å²) in [6.07, 6.45) is 3.25. The van der Waals surface area contributed by atoms with E-state index in [0.717, 1.165) is 25.9 Å². The summed E-state index contributed by atoms with van der Waals surface area (Å²) in [6, 6.07) is 21.6. The van der Waals surface area contributed by atoms with Gasteiger partial charge in [0.15, 0.2) is 6.29 Å². The largest absolute Gasteiger partial charge is 0.353 e. The molecule has 2 heteroatoms. The molecular formula is C21H28O2. The fourth-order valence-corrected chi connectivity index (χ4v) is 2.88. The Kier molecular flexibility index (Phi) is 7.85. The Morgan fingerprint density at radius 1 is 0.783 bits per heavy atom. The second-order valence-electron chi connectivity index (χ2n) is 5.76. The van der Waals surface area contributed by atoms with Crippen molar-refractivity contribution in [2.75, 3.05) is 13.2 Å². The van der Waals surface area contributed by atoms with E-state index in [2.05, 4.69) is 60.7 Å². The van der Waals surface area contributed by atoms with Crippen LogP contribution < -0.4 is 0 Å². The van der Waals surface area contributed by atoms with E-state index in [9.17, 15) is 0 Å². The Balaban J connectivity index is 1.87. The van der Waals surface area contributed by atoms with Crippen LogP contribution in [0.4, 0.5) is 0 Å². The normalized spacial score (nSPS) is 12.5. The Morgan fingerprint density at radius 2 is 1.35 bits per heavy atom. The molecule has 2 aromatic carbocycles. The molecule has 23 heavy (non-hydrogen) atoms. The lowest BCUT2D eigenvalue weighted by molar-refractivity contribution is -0.127. The van der Waals surface area contributed by atoms with Gasteiger partial charge in [-0.3, -0.25) is 0 Å². The molecule has 2 aromatic rings. The van der Waals surface area contributed by atoms with E-state index in [4.69, 9.17) is 9.47 Å². The third-order valence-electron chi connectivity index (χ3n) is 4.04. The van der Waals surface area contributed by atoms with E-state index < -0.39 is 0 Å². The van der Waals surface area contributed by atoms with Gasteiger partial charge in [0.05, 0.1) is 0 Å². The van der Waals surface area contributed by atoms with Gasteiger partial charge in [0.1, 0.15) is 0 Å². The highest BCUT2D eigenvalue weighted by Gasteiger charge is 2.13. The Morgan fingerprint density at radius 3 is 1.87 bits per heavy atom. The molecule has 1 atom stereocenters. The minimum absolute atomic E-state index is 0.0981. The molecule has 124 valence electrons. The minimum Gasteiger partial charge on any atom is -0.353 e. The fourth-order valence-electron chi connectivity index (χ4n) is 2.88. The van der Waals surface area contributed by atoms with Gasteiger partial charge in [0, 0.05) is 19.1 Å². The van der Waals surface area contributed by atoms with Gasteiger partial charge in [0.25, 0.3) is 0 Å². The number of benzene rings is 2. The maximum Gasteiger partial charge on any atom is 0.154 e. The first-order valence-electron chi connectivity index (χ1n) is 8.64. The summed E-state index contributed by atoms with van der Waals surface area (Å²) in [5.41, 5.74) is 2.78. The molecule has 0 heterocycles. The zero-order valence-corrected chi connectivity index (χ0v) is 14.3. The second-order valence-corrected chi connectivity index (χ2v) is 5.76. The van der Waals surface area contributed by atoms with E-state index in [-0.39, 0.29) is 6.29 Å². The van der Waals surface area contributed by atoms with Gasteiger partial charge in [-0.2, -0.15) is 0 Å². The first-order valence-corrected chi connectivity index (χ1v) is 8.64. The molecule has 0 radical (unpaired) electrons. The van der Waals surface area contributed by atoms with Crippen molar-refractivity contribution < 1.29 is 9.47 Å². The standard InChI is InChI=1S/C21H28O2/c1-3-22-18(2)23-17-11-10-16-21(19-12-6-4-7-13-19)20-14-8-5-9-15-20/h4-9,12-15,18,21H,3,10-11,16-17H2,1-2H3. The zero-order chi connectivity index (χ0) is 16.3. The minimum atomic E-state index is -0.0981. The van der Waals surface area contributed by atoms with Crippen LogP contribution in [0.15, 0.2) is 60.7 Å². The van der Waals surface area contributed by atoms with Crippen molar-refractivity contribution in [2.45, 2.75) is 45.3 Å². The molecule has 2 rings (SSSR count). The molecule has 0 aliphatic rings. The topological polar surface area (TPSA) is 18.5 Å². The Hall–Kier alpha value is -1.64. The first-order chi connectivity index (χ1) is 11.3. The van der Waals surface area contributed by atoms with Crippen molar-refractivity contribution in [3.63, 3.8) is 0 Å². The van der Waals surface area contributed by atoms with Crippen LogP contribution >= 0.6 is 0 Å². The van der Waals surface area contributed by atoms with Crippen LogP contribution in [0.3, 0.4) is 0 Å². The van der Waals surface area contributed by atoms with E-state index in [1.165, 1.54) is 11.1 Å². The predicted octanol–water partition coefficient (Wildman–Crippen LogP) is 5.39. The Bertz CT molecular complexity index is 485. The van der Waals surface area contributed by atoms with Crippen LogP contribution in [0, 0.1) is 0 Å². The highest BCUT2D eigenvalue weighted by Crippen LogP contribution is 2.29. The molecular weight excluding hydrogens is 284 g/mol. The smallest absolute Gasteiger partial charge is 0.154 e. The van der Waals surface area contributed by atoms with Crippen LogP contribution in [0.2, 0.25) is 0 Å². The number of rotatable bonds is 10. The molecule has 0 bridgehead atoms. The molecule has 2 nitrogen and oxygen atoms in total. The van der Waals surface area contributed by atoms with Crippen LogP contribution in [-0.4, -0.2) is 19.5 Å². The van der Waals surface area contributed by atoms with E-state index in [1.807, 2.05) is 13.8 Å². The molecule has 0 saturated carbocycles. The summed E-state index contributed by atoms with van der Waals surface area (Å²) in [5.74, 6) is 0.460. The van der Waals surface area contributed by atoms with Crippen molar-refractivity contribution in [3.05, 3.63) is 71.8 Å². The van der Waals surface area contributed by atoms with Gasteiger partial charge in [-0.1, -0.05) is 67.1 Å². The average molecular weight is 312 g/mol. The van der Waals surface area contributed by atoms with Crippen LogP contribution in [0.1, 0.15) is 50.2 Å². The number of ether oxygens (including phenoxy) is 2. The molecule has 0 aliphatic carbocycles. The van der Waals surface area contributed by atoms with Gasteiger partial charge < -0.3 is 9.47 Å². The third-order valence-corrected chi connectivity index (χ3v) is 4.04. The van der Waals surface area contributed by atoms with Gasteiger partial charge >= 0.3 is 0 Å². The van der Waals surface area contributed by atoms with Crippen LogP contribution in [0.25, 0.3) is 0 Å². The maximum absolute atomic E-state index is 5.65. The second kappa shape index (κ2) is 10.2. The summed E-state index contributed by atoms with van der Waals surface area (Å²) in [4.78, 5) is 0. The number of hydrogen-bond donors (Lipinski definition) is 0. The summed E-state index contributed by atoms with van der Waals surface area (Å²) < 4.78 is 11.0. The zero-order valence-electron chi connectivity index (χ0n) is 14.3. The quantitative estimate of drug-likeness (QED) is 0.432. The molecule has 0 fully saturated rings. The third kappa shape index (κ3) is 6.17. The lowest BCUT2D eigenvalue weighted by Crippen LogP contribution is -2.13. The van der Waals surface area contributed by atoms with Crippen molar-refractivity contribution in [1.82, 2.24) is 0 Å². The molecule has 0 aliphatic heterocycles. The van der Waals surface area contributed by atoms with Gasteiger partial charge in [0.2, 0.25) is 0 Å². The first kappa shape index (κ1) is 17.7. The molecule has 0 N–H and O–H groups in total. The molecule has 0 aromatic heterocycles. The molecule has 0 saturated heterocycles. The Labute approximate surface area is 140 Å². The average Bonchev–Trinajstić information content (AvgIpc) is 2.60. The summed E-state index contributed by atoms with van der Waals surface area (Å²) in [6.45, 7) is 5.41. The van der Waals surface area contributed by atoms with Crippen molar-refractivity contribution >= 4 is 0 Å². The number of hydrogen-bond acceptors (Lipinski definition) is 2. The highest BCUT2D eigenvalue weighted by molar-refractivity contribution is 5.32. The fraction of sp³-hybridized carbons (Fsp3) is 0.429. The van der Waals surface area contributed by atoms with Crippen molar-refractivity contribution in [2.24, 2.45) is 0 Å². The maximum atomic E-state index is 5.65. The monoisotopic (exact) mass is 312 g/mol. The van der Waals surface area contributed by atoms with Gasteiger partial charge in [-0.05, 0) is 37.8 Å². The van der Waals surface area contributed by atoms with Gasteiger partial charge in [-0.25, -0.2) is 0 Å². The molecule has 0 amide bonds. The lowest BCUT2D eigenvalue weighted by atomic mass is 9.87. The van der Waals surface area contributed by atoms with Gasteiger partial charge in [-0.15, -0.1) is 0 Å². The van der Waals surface area contributed by atoms with Crippen molar-refractivity contribution in [1.29, 1.82) is 0 Å². The van der Waals surface area contributed by atoms with Crippen LogP contribution in [0.5, 0.6) is 0 Å². The summed E-state index contributed by atoms with van der Waals surface area (Å²) >= 11 is 0. The van der Waals surface area contributed by atoms with E-state index in [0.29, 0.717) is 12.5 Å².